The van der Waals surface area contributed by atoms with Gasteiger partial charge in [-0.05, 0) is 23.8 Å². The first kappa shape index (κ1) is 16.3. The van der Waals surface area contributed by atoms with Crippen LogP contribution in [-0.2, 0) is 6.54 Å². The number of rotatable bonds is 4. The number of hydrogen-bond acceptors (Lipinski definition) is 5. The van der Waals surface area contributed by atoms with Gasteiger partial charge in [0, 0.05) is 54.7 Å². The highest BCUT2D eigenvalue weighted by molar-refractivity contribution is 6.30. The molecule has 1 unspecified atom stereocenters. The maximum absolute atomic E-state index is 5.95. The largest absolute Gasteiger partial charge is 0.359 e. The predicted molar refractivity (Wildman–Crippen MR) is 97.2 cm³/mol. The van der Waals surface area contributed by atoms with Crippen LogP contribution >= 0.6 is 11.6 Å². The number of piperazine rings is 1. The van der Waals surface area contributed by atoms with E-state index in [4.69, 9.17) is 16.1 Å². The van der Waals surface area contributed by atoms with E-state index in [1.54, 1.807) is 6.20 Å². The van der Waals surface area contributed by atoms with Gasteiger partial charge in [-0.3, -0.25) is 9.88 Å². The molecule has 0 aliphatic carbocycles. The van der Waals surface area contributed by atoms with Crippen molar-refractivity contribution in [1.82, 2.24) is 20.4 Å². The van der Waals surface area contributed by atoms with Gasteiger partial charge in [0.1, 0.15) is 5.69 Å². The zero-order valence-corrected chi connectivity index (χ0v) is 14.5. The highest BCUT2D eigenvalue weighted by atomic mass is 35.5. The van der Waals surface area contributed by atoms with E-state index in [0.29, 0.717) is 5.02 Å². The summed E-state index contributed by atoms with van der Waals surface area (Å²) in [5.41, 5.74) is 3.05. The number of nitrogens with zero attached hydrogens (tertiary/aromatic N) is 3. The average Bonchev–Trinajstić information content (AvgIpc) is 3.12. The molecule has 1 aliphatic rings. The fraction of sp³-hybridized carbons (Fsp3) is 0.263. The van der Waals surface area contributed by atoms with E-state index in [2.05, 4.69) is 26.4 Å². The van der Waals surface area contributed by atoms with Gasteiger partial charge in [-0.15, -0.1) is 0 Å². The minimum Gasteiger partial charge on any atom is -0.359 e. The minimum atomic E-state index is 0.284. The molecule has 6 heteroatoms. The van der Waals surface area contributed by atoms with Crippen LogP contribution in [-0.4, -0.2) is 34.7 Å². The Balaban J connectivity index is 1.51. The van der Waals surface area contributed by atoms with Crippen LogP contribution in [0.4, 0.5) is 0 Å². The molecule has 0 radical (unpaired) electrons. The first-order valence-electron chi connectivity index (χ1n) is 8.36. The summed E-state index contributed by atoms with van der Waals surface area (Å²) in [4.78, 5) is 6.65. The second-order valence-electron chi connectivity index (χ2n) is 6.16. The van der Waals surface area contributed by atoms with Gasteiger partial charge >= 0.3 is 0 Å². The minimum absolute atomic E-state index is 0.284. The zero-order chi connectivity index (χ0) is 17.1. The van der Waals surface area contributed by atoms with Crippen LogP contribution in [0.2, 0.25) is 5.02 Å². The van der Waals surface area contributed by atoms with Crippen molar-refractivity contribution in [2.45, 2.75) is 12.6 Å². The SMILES string of the molecule is Clc1ccc(-c2cc(CN3CCNCC3c3cccnc3)on2)cc1. The standard InChI is InChI=1S/C19H19ClN4O/c20-16-5-3-14(4-6-16)18-10-17(25-23-18)13-24-9-8-22-12-19(24)15-2-1-7-21-11-15/h1-7,10-11,19,22H,8-9,12-13H2. The average molecular weight is 355 g/mol. The van der Waals surface area contributed by atoms with Crippen LogP contribution in [0.1, 0.15) is 17.4 Å². The monoisotopic (exact) mass is 354 g/mol. The molecule has 25 heavy (non-hydrogen) atoms. The van der Waals surface area contributed by atoms with E-state index < -0.39 is 0 Å². The molecule has 128 valence electrons. The van der Waals surface area contributed by atoms with Crippen molar-refractivity contribution < 1.29 is 4.52 Å². The lowest BCUT2D eigenvalue weighted by molar-refractivity contribution is 0.138. The van der Waals surface area contributed by atoms with Gasteiger partial charge in [0.25, 0.3) is 0 Å². The Hall–Kier alpha value is -2.21. The van der Waals surface area contributed by atoms with Crippen LogP contribution in [0, 0.1) is 0 Å². The van der Waals surface area contributed by atoms with E-state index in [-0.39, 0.29) is 6.04 Å². The molecule has 0 amide bonds. The Kier molecular flexibility index (Phi) is 4.78. The highest BCUT2D eigenvalue weighted by Crippen LogP contribution is 2.26. The van der Waals surface area contributed by atoms with E-state index in [9.17, 15) is 0 Å². The molecule has 0 bridgehead atoms. The summed E-state index contributed by atoms with van der Waals surface area (Å²) in [6.45, 7) is 3.55. The van der Waals surface area contributed by atoms with Crippen LogP contribution in [0.3, 0.4) is 0 Å². The summed E-state index contributed by atoms with van der Waals surface area (Å²) < 4.78 is 5.58. The second kappa shape index (κ2) is 7.35. The Bertz CT molecular complexity index is 819. The summed E-state index contributed by atoms with van der Waals surface area (Å²) in [6, 6.07) is 14.0. The van der Waals surface area contributed by atoms with Crippen LogP contribution in [0.5, 0.6) is 0 Å². The maximum Gasteiger partial charge on any atom is 0.151 e. The van der Waals surface area contributed by atoms with Crippen molar-refractivity contribution in [1.29, 1.82) is 0 Å². The quantitative estimate of drug-likeness (QED) is 0.776. The first-order valence-corrected chi connectivity index (χ1v) is 8.73. The van der Waals surface area contributed by atoms with Gasteiger partial charge in [-0.25, -0.2) is 0 Å². The molecular weight excluding hydrogens is 336 g/mol. The van der Waals surface area contributed by atoms with Crippen molar-refractivity contribution in [2.24, 2.45) is 0 Å². The van der Waals surface area contributed by atoms with Gasteiger partial charge in [-0.1, -0.05) is 35.0 Å². The fourth-order valence-corrected chi connectivity index (χ4v) is 3.31. The third-order valence-electron chi connectivity index (χ3n) is 4.48. The Morgan fingerprint density at radius 3 is 2.92 bits per heavy atom. The van der Waals surface area contributed by atoms with Crippen molar-refractivity contribution in [3.8, 4) is 11.3 Å². The molecule has 1 aromatic carbocycles. The third kappa shape index (κ3) is 3.74. The topological polar surface area (TPSA) is 54.2 Å². The van der Waals surface area contributed by atoms with Crippen molar-refractivity contribution in [3.63, 3.8) is 0 Å². The summed E-state index contributed by atoms with van der Waals surface area (Å²) >= 11 is 5.95. The van der Waals surface area contributed by atoms with Crippen molar-refractivity contribution >= 4 is 11.6 Å². The molecule has 1 atom stereocenters. The smallest absolute Gasteiger partial charge is 0.151 e. The Morgan fingerprint density at radius 1 is 1.24 bits per heavy atom. The van der Waals surface area contributed by atoms with E-state index >= 15 is 0 Å². The van der Waals surface area contributed by atoms with Gasteiger partial charge in [-0.2, -0.15) is 0 Å². The Labute approximate surface area is 151 Å². The summed E-state index contributed by atoms with van der Waals surface area (Å²) in [5, 5.41) is 8.38. The predicted octanol–water partition coefficient (Wildman–Crippen LogP) is 3.54. The molecule has 4 rings (SSSR count). The number of hydrogen-bond donors (Lipinski definition) is 1. The van der Waals surface area contributed by atoms with Crippen molar-refractivity contribution in [3.05, 3.63) is 71.2 Å². The normalized spacial score (nSPS) is 18.4. The maximum atomic E-state index is 5.95. The molecule has 1 saturated heterocycles. The second-order valence-corrected chi connectivity index (χ2v) is 6.60. The van der Waals surface area contributed by atoms with Crippen molar-refractivity contribution in [2.75, 3.05) is 19.6 Å². The highest BCUT2D eigenvalue weighted by Gasteiger charge is 2.25. The van der Waals surface area contributed by atoms with Crippen LogP contribution in [0.25, 0.3) is 11.3 Å². The number of benzene rings is 1. The van der Waals surface area contributed by atoms with Crippen LogP contribution < -0.4 is 5.32 Å². The summed E-state index contributed by atoms with van der Waals surface area (Å²) in [6.07, 6.45) is 3.74. The summed E-state index contributed by atoms with van der Waals surface area (Å²) in [5.74, 6) is 0.862. The number of halogens is 1. The molecule has 1 N–H and O–H groups in total. The molecular formula is C19H19ClN4O. The summed E-state index contributed by atoms with van der Waals surface area (Å²) in [7, 11) is 0. The molecule has 1 aliphatic heterocycles. The van der Waals surface area contributed by atoms with E-state index in [0.717, 1.165) is 43.2 Å². The van der Waals surface area contributed by atoms with Gasteiger partial charge < -0.3 is 9.84 Å². The lowest BCUT2D eigenvalue weighted by atomic mass is 10.1. The number of nitrogens with one attached hydrogen (secondary N) is 1. The van der Waals surface area contributed by atoms with E-state index in [1.807, 2.05) is 42.6 Å². The third-order valence-corrected chi connectivity index (χ3v) is 4.73. The molecule has 1 fully saturated rings. The molecule has 5 nitrogen and oxygen atoms in total. The first-order chi connectivity index (χ1) is 12.3. The molecule has 3 heterocycles. The van der Waals surface area contributed by atoms with Crippen LogP contribution in [0.15, 0.2) is 59.4 Å². The van der Waals surface area contributed by atoms with Gasteiger partial charge in [0.15, 0.2) is 5.76 Å². The fourth-order valence-electron chi connectivity index (χ4n) is 3.18. The molecule has 2 aromatic heterocycles. The number of aromatic nitrogens is 2. The molecule has 0 spiro atoms. The molecule has 3 aromatic rings. The van der Waals surface area contributed by atoms with Gasteiger partial charge in [0.05, 0.1) is 6.54 Å². The Morgan fingerprint density at radius 2 is 2.12 bits per heavy atom. The zero-order valence-electron chi connectivity index (χ0n) is 13.7. The molecule has 0 saturated carbocycles. The van der Waals surface area contributed by atoms with Gasteiger partial charge in [0.2, 0.25) is 0 Å². The number of pyridine rings is 1. The van der Waals surface area contributed by atoms with E-state index in [1.165, 1.54) is 5.56 Å². The lowest BCUT2D eigenvalue weighted by Crippen LogP contribution is -2.45. The lowest BCUT2D eigenvalue weighted by Gasteiger charge is -2.35.